The van der Waals surface area contributed by atoms with Crippen LogP contribution in [0, 0.1) is 6.92 Å². The Balaban J connectivity index is 2.73. The number of nitrogens with two attached hydrogens (primary N) is 1. The van der Waals surface area contributed by atoms with Gasteiger partial charge in [0.15, 0.2) is 6.10 Å². The Labute approximate surface area is 128 Å². The lowest BCUT2D eigenvalue weighted by Gasteiger charge is -2.26. The minimum absolute atomic E-state index is 0.156. The number of rotatable bonds is 6. The van der Waals surface area contributed by atoms with Crippen molar-refractivity contribution < 1.29 is 9.53 Å². The summed E-state index contributed by atoms with van der Waals surface area (Å²) in [6.07, 6.45) is -0.555. The molecule has 0 saturated heterocycles. The highest BCUT2D eigenvalue weighted by molar-refractivity contribution is 5.81. The molecule has 0 saturated carbocycles. The van der Waals surface area contributed by atoms with Crippen LogP contribution in [0.5, 0.6) is 5.75 Å². The van der Waals surface area contributed by atoms with E-state index < -0.39 is 11.6 Å². The molecule has 3 N–H and O–H groups in total. The molecule has 0 aromatic heterocycles. The minimum atomic E-state index is -0.555. The summed E-state index contributed by atoms with van der Waals surface area (Å²) in [6, 6.07) is 5.96. The van der Waals surface area contributed by atoms with Crippen molar-refractivity contribution in [1.29, 1.82) is 0 Å². The summed E-state index contributed by atoms with van der Waals surface area (Å²) in [5.41, 5.74) is 7.67. The van der Waals surface area contributed by atoms with Gasteiger partial charge in [0.1, 0.15) is 5.75 Å². The monoisotopic (exact) mass is 292 g/mol. The van der Waals surface area contributed by atoms with Crippen molar-refractivity contribution in [2.75, 3.05) is 6.54 Å². The third-order valence-electron chi connectivity index (χ3n) is 3.52. The summed E-state index contributed by atoms with van der Waals surface area (Å²) in [6.45, 7) is 12.3. The lowest BCUT2D eigenvalue weighted by atomic mass is 9.98. The molecule has 0 radical (unpaired) electrons. The number of benzene rings is 1. The summed E-state index contributed by atoms with van der Waals surface area (Å²) in [5, 5.41) is 2.88. The molecule has 0 aliphatic rings. The van der Waals surface area contributed by atoms with Crippen LogP contribution in [0.3, 0.4) is 0 Å². The zero-order valence-electron chi connectivity index (χ0n) is 14.0. The Morgan fingerprint density at radius 2 is 1.95 bits per heavy atom. The van der Waals surface area contributed by atoms with Gasteiger partial charge in [-0.2, -0.15) is 0 Å². The summed E-state index contributed by atoms with van der Waals surface area (Å²) in [7, 11) is 0. The fourth-order valence-electron chi connectivity index (χ4n) is 2.11. The molecule has 118 valence electrons. The van der Waals surface area contributed by atoms with Gasteiger partial charge in [0.25, 0.3) is 5.91 Å². The first-order valence-corrected chi connectivity index (χ1v) is 7.45. The number of carbonyl (C=O) groups is 1. The van der Waals surface area contributed by atoms with E-state index >= 15 is 0 Å². The summed E-state index contributed by atoms with van der Waals surface area (Å²) >= 11 is 0. The van der Waals surface area contributed by atoms with Crippen LogP contribution in [0.1, 0.15) is 51.7 Å². The second-order valence-electron chi connectivity index (χ2n) is 6.51. The molecule has 4 nitrogen and oxygen atoms in total. The molecular weight excluding hydrogens is 264 g/mol. The van der Waals surface area contributed by atoms with E-state index in [4.69, 9.17) is 10.5 Å². The first kappa shape index (κ1) is 17.5. The van der Waals surface area contributed by atoms with E-state index in [-0.39, 0.29) is 5.91 Å². The fourth-order valence-corrected chi connectivity index (χ4v) is 2.11. The molecular formula is C17H28N2O2. The van der Waals surface area contributed by atoms with Gasteiger partial charge in [-0.05, 0) is 56.9 Å². The Kier molecular flexibility index (Phi) is 5.78. The van der Waals surface area contributed by atoms with Crippen LogP contribution in [0.4, 0.5) is 0 Å². The van der Waals surface area contributed by atoms with Crippen molar-refractivity contribution in [3.05, 3.63) is 29.3 Å². The summed E-state index contributed by atoms with van der Waals surface area (Å²) in [4.78, 5) is 12.1. The third kappa shape index (κ3) is 5.05. The molecule has 0 bridgehead atoms. The maximum atomic E-state index is 12.1. The third-order valence-corrected chi connectivity index (χ3v) is 3.52. The molecule has 21 heavy (non-hydrogen) atoms. The zero-order chi connectivity index (χ0) is 16.2. The van der Waals surface area contributed by atoms with Crippen LogP contribution < -0.4 is 15.8 Å². The fraction of sp³-hybridized carbons (Fsp3) is 0.588. The van der Waals surface area contributed by atoms with E-state index in [2.05, 4.69) is 32.2 Å². The molecule has 1 atom stereocenters. The zero-order valence-corrected chi connectivity index (χ0v) is 14.0. The van der Waals surface area contributed by atoms with Crippen LogP contribution in [0.25, 0.3) is 0 Å². The predicted molar refractivity (Wildman–Crippen MR) is 86.6 cm³/mol. The Morgan fingerprint density at radius 3 is 2.43 bits per heavy atom. The van der Waals surface area contributed by atoms with Crippen LogP contribution in [0.2, 0.25) is 0 Å². The first-order valence-electron chi connectivity index (χ1n) is 7.45. The molecule has 0 heterocycles. The van der Waals surface area contributed by atoms with Gasteiger partial charge in [-0.3, -0.25) is 4.79 Å². The quantitative estimate of drug-likeness (QED) is 0.847. The van der Waals surface area contributed by atoms with Gasteiger partial charge < -0.3 is 15.8 Å². The SMILES string of the molecule is Cc1cc(OC(C)C(=O)NC(C)(C)CN)ccc1C(C)C. The van der Waals surface area contributed by atoms with Gasteiger partial charge in [0, 0.05) is 12.1 Å². The van der Waals surface area contributed by atoms with Gasteiger partial charge >= 0.3 is 0 Å². The number of nitrogens with one attached hydrogen (secondary N) is 1. The number of hydrogen-bond donors (Lipinski definition) is 2. The van der Waals surface area contributed by atoms with E-state index in [1.54, 1.807) is 6.92 Å². The van der Waals surface area contributed by atoms with Crippen molar-refractivity contribution in [2.24, 2.45) is 5.73 Å². The van der Waals surface area contributed by atoms with Crippen LogP contribution >= 0.6 is 0 Å². The van der Waals surface area contributed by atoms with Crippen molar-refractivity contribution in [3.8, 4) is 5.75 Å². The van der Waals surface area contributed by atoms with Crippen LogP contribution in [-0.2, 0) is 4.79 Å². The Hall–Kier alpha value is -1.55. The van der Waals surface area contributed by atoms with E-state index in [1.807, 2.05) is 26.0 Å². The highest BCUT2D eigenvalue weighted by Gasteiger charge is 2.23. The van der Waals surface area contributed by atoms with Crippen molar-refractivity contribution >= 4 is 5.91 Å². The van der Waals surface area contributed by atoms with E-state index in [0.717, 1.165) is 0 Å². The normalized spacial score (nSPS) is 13.1. The molecule has 1 aromatic carbocycles. The van der Waals surface area contributed by atoms with Gasteiger partial charge in [0.05, 0.1) is 0 Å². The van der Waals surface area contributed by atoms with Crippen molar-refractivity contribution in [3.63, 3.8) is 0 Å². The summed E-state index contributed by atoms with van der Waals surface area (Å²) < 4.78 is 5.73. The average Bonchev–Trinajstić information content (AvgIpc) is 2.37. The summed E-state index contributed by atoms with van der Waals surface area (Å²) in [5.74, 6) is 1.03. The smallest absolute Gasteiger partial charge is 0.261 e. The maximum absolute atomic E-state index is 12.1. The number of hydrogen-bond acceptors (Lipinski definition) is 3. The van der Waals surface area contributed by atoms with E-state index in [0.29, 0.717) is 18.2 Å². The largest absolute Gasteiger partial charge is 0.481 e. The molecule has 1 aromatic rings. The topological polar surface area (TPSA) is 64.3 Å². The lowest BCUT2D eigenvalue weighted by Crippen LogP contribution is -2.52. The lowest BCUT2D eigenvalue weighted by molar-refractivity contribution is -0.128. The predicted octanol–water partition coefficient (Wildman–Crippen LogP) is 2.74. The van der Waals surface area contributed by atoms with Crippen LogP contribution in [-0.4, -0.2) is 24.1 Å². The highest BCUT2D eigenvalue weighted by Crippen LogP contribution is 2.24. The van der Waals surface area contributed by atoms with Gasteiger partial charge in [-0.15, -0.1) is 0 Å². The molecule has 0 fully saturated rings. The molecule has 1 rings (SSSR count). The first-order chi connectivity index (χ1) is 9.66. The Bertz CT molecular complexity index is 496. The number of aryl methyl sites for hydroxylation is 1. The van der Waals surface area contributed by atoms with Gasteiger partial charge in [-0.25, -0.2) is 0 Å². The number of amides is 1. The minimum Gasteiger partial charge on any atom is -0.481 e. The Morgan fingerprint density at radius 1 is 1.33 bits per heavy atom. The molecule has 0 aliphatic heterocycles. The standard InChI is InChI=1S/C17H28N2O2/c1-11(2)15-8-7-14(9-12(15)3)21-13(4)16(20)19-17(5,6)10-18/h7-9,11,13H,10,18H2,1-6H3,(H,19,20). The molecule has 1 amide bonds. The van der Waals surface area contributed by atoms with E-state index in [1.165, 1.54) is 11.1 Å². The van der Waals surface area contributed by atoms with Gasteiger partial charge in [-0.1, -0.05) is 19.9 Å². The van der Waals surface area contributed by atoms with Gasteiger partial charge in [0.2, 0.25) is 0 Å². The van der Waals surface area contributed by atoms with Crippen LogP contribution in [0.15, 0.2) is 18.2 Å². The number of carbonyl (C=O) groups excluding carboxylic acids is 1. The second-order valence-corrected chi connectivity index (χ2v) is 6.51. The van der Waals surface area contributed by atoms with E-state index in [9.17, 15) is 4.79 Å². The second kappa shape index (κ2) is 6.94. The van der Waals surface area contributed by atoms with Crippen molar-refractivity contribution in [2.45, 2.75) is 59.1 Å². The van der Waals surface area contributed by atoms with Crippen molar-refractivity contribution in [1.82, 2.24) is 5.32 Å². The molecule has 0 spiro atoms. The number of ether oxygens (including phenoxy) is 1. The molecule has 4 heteroatoms. The highest BCUT2D eigenvalue weighted by atomic mass is 16.5. The average molecular weight is 292 g/mol. The maximum Gasteiger partial charge on any atom is 0.261 e. The molecule has 1 unspecified atom stereocenters. The molecule has 0 aliphatic carbocycles.